The van der Waals surface area contributed by atoms with Crippen LogP contribution in [0.3, 0.4) is 0 Å². The van der Waals surface area contributed by atoms with Crippen LogP contribution >= 0.6 is 11.3 Å². The van der Waals surface area contributed by atoms with E-state index in [1.54, 1.807) is 34.6 Å². The Kier molecular flexibility index (Phi) is 4.34. The molecule has 0 unspecified atom stereocenters. The number of hydrogen-bond acceptors (Lipinski definition) is 5. The summed E-state index contributed by atoms with van der Waals surface area (Å²) in [6, 6.07) is 3.38. The highest BCUT2D eigenvalue weighted by atomic mass is 32.1. The summed E-state index contributed by atoms with van der Waals surface area (Å²) in [6.45, 7) is 6.70. The topological polar surface area (TPSA) is 66.7 Å². The number of hydrogen-bond donors (Lipinski definition) is 0. The number of carbonyl (C=O) groups is 2. The molecule has 2 aromatic heterocycles. The molecule has 0 N–H and O–H groups in total. The molecule has 2 saturated heterocycles. The lowest BCUT2D eigenvalue weighted by molar-refractivity contribution is -0.136. The largest absolute Gasteiger partial charge is 0.459 e. The molecule has 2 fully saturated rings. The minimum Gasteiger partial charge on any atom is -0.459 e. The monoisotopic (exact) mass is 373 g/mol. The Labute approximate surface area is 156 Å². The molecule has 0 bridgehead atoms. The van der Waals surface area contributed by atoms with Crippen LogP contribution in [0.4, 0.5) is 0 Å². The molecule has 7 heteroatoms. The molecule has 6 nitrogen and oxygen atoms in total. The summed E-state index contributed by atoms with van der Waals surface area (Å²) in [5, 5.41) is 2.88. The minimum atomic E-state index is -0.561. The number of furan rings is 1. The van der Waals surface area contributed by atoms with E-state index in [1.165, 1.54) is 6.26 Å². The lowest BCUT2D eigenvalue weighted by Crippen LogP contribution is -2.41. The van der Waals surface area contributed by atoms with Gasteiger partial charge in [-0.2, -0.15) is 0 Å². The molecule has 0 radical (unpaired) electrons. The molecule has 2 aliphatic rings. The van der Waals surface area contributed by atoms with Crippen LogP contribution < -0.4 is 0 Å². The van der Waals surface area contributed by atoms with Crippen molar-refractivity contribution in [3.63, 3.8) is 0 Å². The molecule has 1 spiro atoms. The van der Waals surface area contributed by atoms with Crippen molar-refractivity contribution in [3.05, 3.63) is 40.7 Å². The van der Waals surface area contributed by atoms with Crippen LogP contribution in [0.1, 0.15) is 41.7 Å². The van der Waals surface area contributed by atoms with E-state index in [-0.39, 0.29) is 17.7 Å². The van der Waals surface area contributed by atoms with E-state index in [0.717, 1.165) is 24.5 Å². The first-order chi connectivity index (χ1) is 12.5. The number of thiazole rings is 1. The van der Waals surface area contributed by atoms with Crippen molar-refractivity contribution in [2.45, 2.75) is 26.2 Å². The summed E-state index contributed by atoms with van der Waals surface area (Å²) in [5.41, 5.74) is -0.561. The molecule has 2 aliphatic heterocycles. The van der Waals surface area contributed by atoms with Crippen LogP contribution in [0.15, 0.2) is 34.4 Å². The Bertz CT molecular complexity index is 787. The number of carbonyl (C=O) groups excluding carboxylic acids is 2. The average Bonchev–Trinajstić information content (AvgIpc) is 3.39. The van der Waals surface area contributed by atoms with Crippen LogP contribution in [0, 0.1) is 11.3 Å². The molecule has 0 aromatic carbocycles. The van der Waals surface area contributed by atoms with Gasteiger partial charge < -0.3 is 14.2 Å². The van der Waals surface area contributed by atoms with Crippen molar-refractivity contribution in [1.82, 2.24) is 14.8 Å². The Morgan fingerprint density at radius 3 is 3.00 bits per heavy atom. The predicted molar refractivity (Wildman–Crippen MR) is 97.9 cm³/mol. The number of likely N-dealkylation sites (tertiary alicyclic amines) is 2. The van der Waals surface area contributed by atoms with Crippen molar-refractivity contribution >= 4 is 23.2 Å². The van der Waals surface area contributed by atoms with Crippen LogP contribution in [0.5, 0.6) is 0 Å². The van der Waals surface area contributed by atoms with Crippen molar-refractivity contribution in [2.75, 3.05) is 26.2 Å². The maximum absolute atomic E-state index is 13.4. The lowest BCUT2D eigenvalue weighted by atomic mass is 9.77. The number of nitrogens with zero attached hydrogens (tertiary/aromatic N) is 3. The molecule has 2 atom stereocenters. The zero-order valence-corrected chi connectivity index (χ0v) is 15.9. The first kappa shape index (κ1) is 17.3. The van der Waals surface area contributed by atoms with Crippen molar-refractivity contribution in [1.29, 1.82) is 0 Å². The van der Waals surface area contributed by atoms with Gasteiger partial charge in [0.1, 0.15) is 0 Å². The molecule has 2 amide bonds. The Hall–Kier alpha value is -2.15. The maximum atomic E-state index is 13.4. The third-order valence-corrected chi connectivity index (χ3v) is 6.33. The van der Waals surface area contributed by atoms with Crippen molar-refractivity contribution in [2.24, 2.45) is 11.3 Å². The predicted octanol–water partition coefficient (Wildman–Crippen LogP) is 2.85. The zero-order valence-electron chi connectivity index (χ0n) is 15.1. The number of amides is 2. The lowest BCUT2D eigenvalue weighted by Gasteiger charge is -2.28. The van der Waals surface area contributed by atoms with Crippen LogP contribution in [-0.2, 0) is 4.79 Å². The molecule has 0 aliphatic carbocycles. The third-order valence-electron chi connectivity index (χ3n) is 5.44. The van der Waals surface area contributed by atoms with Gasteiger partial charge in [-0.1, -0.05) is 13.8 Å². The number of rotatable bonds is 4. The maximum Gasteiger partial charge on any atom is 0.289 e. The molecular formula is C19H23N3O3S. The summed E-state index contributed by atoms with van der Waals surface area (Å²) >= 11 is 1.57. The van der Waals surface area contributed by atoms with E-state index in [4.69, 9.17) is 4.42 Å². The van der Waals surface area contributed by atoms with Gasteiger partial charge in [-0.15, -0.1) is 11.3 Å². The van der Waals surface area contributed by atoms with Crippen LogP contribution in [0.2, 0.25) is 0 Å². The van der Waals surface area contributed by atoms with Crippen LogP contribution in [-0.4, -0.2) is 52.8 Å². The van der Waals surface area contributed by atoms with E-state index in [2.05, 4.69) is 18.8 Å². The Morgan fingerprint density at radius 1 is 1.50 bits per heavy atom. The highest BCUT2D eigenvalue weighted by Gasteiger charge is 2.59. The van der Waals surface area contributed by atoms with Crippen LogP contribution in [0.25, 0.3) is 0 Å². The van der Waals surface area contributed by atoms with E-state index in [0.29, 0.717) is 24.8 Å². The first-order valence-corrected chi connectivity index (χ1v) is 9.91. The van der Waals surface area contributed by atoms with Gasteiger partial charge in [-0.05, 0) is 24.5 Å². The van der Waals surface area contributed by atoms with E-state index in [1.807, 2.05) is 10.3 Å². The van der Waals surface area contributed by atoms with Gasteiger partial charge in [0.25, 0.3) is 5.91 Å². The van der Waals surface area contributed by atoms with Gasteiger partial charge >= 0.3 is 0 Å². The average molecular weight is 373 g/mol. The molecule has 138 valence electrons. The fourth-order valence-corrected chi connectivity index (χ4v) is 5.13. The van der Waals surface area contributed by atoms with Crippen molar-refractivity contribution in [3.8, 4) is 0 Å². The van der Waals surface area contributed by atoms with Gasteiger partial charge in [0.05, 0.1) is 16.7 Å². The highest BCUT2D eigenvalue weighted by Crippen LogP contribution is 2.50. The smallest absolute Gasteiger partial charge is 0.289 e. The second-order valence-electron chi connectivity index (χ2n) is 7.64. The summed E-state index contributed by atoms with van der Waals surface area (Å²) in [4.78, 5) is 34.4. The second kappa shape index (κ2) is 6.54. The molecule has 26 heavy (non-hydrogen) atoms. The minimum absolute atomic E-state index is 0.0499. The third kappa shape index (κ3) is 2.74. The summed E-state index contributed by atoms with van der Waals surface area (Å²) in [7, 11) is 0. The van der Waals surface area contributed by atoms with Gasteiger partial charge in [0, 0.05) is 43.7 Å². The molecule has 4 rings (SSSR count). The zero-order chi connectivity index (χ0) is 18.3. The highest BCUT2D eigenvalue weighted by molar-refractivity contribution is 7.09. The van der Waals surface area contributed by atoms with Gasteiger partial charge in [-0.25, -0.2) is 4.98 Å². The van der Waals surface area contributed by atoms with E-state index >= 15 is 0 Å². The van der Waals surface area contributed by atoms with Gasteiger partial charge in [-0.3, -0.25) is 9.59 Å². The Morgan fingerprint density at radius 2 is 2.35 bits per heavy atom. The molecule has 4 heterocycles. The summed E-state index contributed by atoms with van der Waals surface area (Å²) in [5.74, 6) is 0.717. The number of aromatic nitrogens is 1. The fourth-order valence-electron chi connectivity index (χ4n) is 4.29. The summed E-state index contributed by atoms with van der Waals surface area (Å²) < 4.78 is 5.29. The molecule has 2 aromatic rings. The summed E-state index contributed by atoms with van der Waals surface area (Å²) in [6.07, 6.45) is 4.04. The normalized spacial score (nSPS) is 25.8. The van der Waals surface area contributed by atoms with Gasteiger partial charge in [0.2, 0.25) is 5.91 Å². The quantitative estimate of drug-likeness (QED) is 0.827. The standard InChI is InChI=1S/C19H23N3O3S/c1-13(2)10-21-7-5-19(18(21)24)12-22(17(23)15-4-3-8-25-15)11-14(19)16-20-6-9-26-16/h3-4,6,8-9,13-14H,5,7,10-12H2,1-2H3/t14-,19+/m0/s1. The van der Waals surface area contributed by atoms with Gasteiger partial charge in [0.15, 0.2) is 5.76 Å². The van der Waals surface area contributed by atoms with Crippen molar-refractivity contribution < 1.29 is 14.0 Å². The SMILES string of the molecule is CC(C)CN1CC[C@]2(CN(C(=O)c3ccco3)C[C@H]2c2nccs2)C1=O. The second-order valence-corrected chi connectivity index (χ2v) is 8.56. The molecular weight excluding hydrogens is 350 g/mol. The van der Waals surface area contributed by atoms with E-state index < -0.39 is 5.41 Å². The molecule has 0 saturated carbocycles. The fraction of sp³-hybridized carbons (Fsp3) is 0.526. The Balaban J connectivity index is 1.65. The van der Waals surface area contributed by atoms with E-state index in [9.17, 15) is 9.59 Å². The first-order valence-electron chi connectivity index (χ1n) is 9.03.